The molecule has 232 valence electrons. The van der Waals surface area contributed by atoms with Crippen LogP contribution < -0.4 is 10.3 Å². The molecule has 1 fully saturated rings. The fourth-order valence-corrected chi connectivity index (χ4v) is 9.74. The van der Waals surface area contributed by atoms with E-state index >= 15 is 0 Å². The molecule has 44 heavy (non-hydrogen) atoms. The number of hydrogen-bond donors (Lipinski definition) is 0. The number of aromatic nitrogens is 3. The number of hydrogen-bond acceptors (Lipinski definition) is 10. The first kappa shape index (κ1) is 31.6. The highest BCUT2D eigenvalue weighted by atomic mass is 32.3. The number of carbonyl (C=O) groups is 2. The lowest BCUT2D eigenvalue weighted by molar-refractivity contribution is -0.161. The highest BCUT2D eigenvalue weighted by molar-refractivity contribution is 8.15. The molecule has 2 aliphatic heterocycles. The lowest BCUT2D eigenvalue weighted by Gasteiger charge is -2.54. The normalized spacial score (nSPS) is 22.8. The molecule has 3 aromatic rings. The number of thioether (sulfide) groups is 1. The Kier molecular flexibility index (Phi) is 8.33. The average Bonchev–Trinajstić information content (AvgIpc) is 2.98. The van der Waals surface area contributed by atoms with Gasteiger partial charge in [-0.3, -0.25) is 19.3 Å². The monoisotopic (exact) mass is 638 g/mol. The molecular formula is C31H34N4O7S2. The number of methoxy groups -OCH3 is 1. The van der Waals surface area contributed by atoms with E-state index in [2.05, 4.69) is 10.1 Å². The first-order valence-corrected chi connectivity index (χ1v) is 16.3. The molecule has 0 N–H and O–H groups in total. The molecule has 5 rings (SSSR count). The molecule has 3 heterocycles. The van der Waals surface area contributed by atoms with E-state index in [1.165, 1.54) is 18.8 Å². The Morgan fingerprint density at radius 3 is 2.18 bits per heavy atom. The number of benzene rings is 2. The molecule has 0 radical (unpaired) electrons. The number of rotatable bonds is 9. The van der Waals surface area contributed by atoms with Gasteiger partial charge in [0.15, 0.2) is 36.3 Å². The second-order valence-corrected chi connectivity index (χ2v) is 15.6. The third-order valence-electron chi connectivity index (χ3n) is 7.74. The van der Waals surface area contributed by atoms with E-state index in [-0.39, 0.29) is 41.1 Å². The molecule has 1 amide bonds. The van der Waals surface area contributed by atoms with Gasteiger partial charge in [-0.25, -0.2) is 13.1 Å². The number of sulfone groups is 1. The number of carbonyl (C=O) groups excluding carboxylic acids is 2. The van der Waals surface area contributed by atoms with Crippen molar-refractivity contribution in [1.29, 1.82) is 0 Å². The summed E-state index contributed by atoms with van der Waals surface area (Å²) in [7, 11) is -1.55. The Hall–Kier alpha value is -3.81. The molecule has 0 spiro atoms. The van der Waals surface area contributed by atoms with Crippen molar-refractivity contribution in [3.8, 4) is 5.88 Å². The predicted molar refractivity (Wildman–Crippen MR) is 164 cm³/mol. The Balaban J connectivity index is 1.68. The summed E-state index contributed by atoms with van der Waals surface area (Å²) in [6.07, 6.45) is -1.37. The van der Waals surface area contributed by atoms with Crippen molar-refractivity contribution in [3.63, 3.8) is 0 Å². The summed E-state index contributed by atoms with van der Waals surface area (Å²) in [4.78, 5) is 45.5. The van der Waals surface area contributed by atoms with Crippen LogP contribution in [0.15, 0.2) is 81.9 Å². The fourth-order valence-electron chi connectivity index (χ4n) is 5.35. The Morgan fingerprint density at radius 2 is 1.61 bits per heavy atom. The second-order valence-electron chi connectivity index (χ2n) is 11.8. The van der Waals surface area contributed by atoms with Crippen LogP contribution in [0.5, 0.6) is 5.88 Å². The second kappa shape index (κ2) is 11.6. The molecule has 0 bridgehead atoms. The molecule has 0 aliphatic carbocycles. The predicted octanol–water partition coefficient (Wildman–Crippen LogP) is 3.29. The average molecular weight is 639 g/mol. The van der Waals surface area contributed by atoms with Crippen LogP contribution in [-0.4, -0.2) is 62.4 Å². The molecular weight excluding hydrogens is 604 g/mol. The Morgan fingerprint density at radius 1 is 1.02 bits per heavy atom. The fraction of sp³-hybridized carbons (Fsp3) is 0.387. The number of ketones is 1. The zero-order valence-electron chi connectivity index (χ0n) is 25.3. The molecule has 1 saturated heterocycles. The number of amides is 1. The van der Waals surface area contributed by atoms with E-state index < -0.39 is 42.3 Å². The molecule has 13 heteroatoms. The summed E-state index contributed by atoms with van der Waals surface area (Å²) in [5.74, 6) is -1.23. The first-order chi connectivity index (χ1) is 20.7. The minimum atomic E-state index is -4.35. The SMILES string of the molecule is CO[C@H]1C(=O)N2C(C(=O)C(C)(C)C)=C(C)C(Cc3ccccc3)(Sc3nc(=O)c(OCc4ccccc4)nn3C)S(=O)(=O)[C@H]12. The summed E-state index contributed by atoms with van der Waals surface area (Å²) >= 11 is 0.813. The number of β-lactam (4-membered cyclic amide) rings is 1. The maximum atomic E-state index is 14.8. The number of fused-ring (bicyclic) bond motifs is 1. The Bertz CT molecular complexity index is 1800. The van der Waals surface area contributed by atoms with Crippen molar-refractivity contribution in [3.05, 3.63) is 93.4 Å². The van der Waals surface area contributed by atoms with Crippen molar-refractivity contribution in [2.75, 3.05) is 7.11 Å². The van der Waals surface area contributed by atoms with Gasteiger partial charge in [0.2, 0.25) is 0 Å². The minimum Gasteiger partial charge on any atom is -0.468 e. The first-order valence-electron chi connectivity index (χ1n) is 13.9. The summed E-state index contributed by atoms with van der Waals surface area (Å²) in [5, 5.41) is 2.83. The van der Waals surface area contributed by atoms with Gasteiger partial charge in [0.25, 0.3) is 5.91 Å². The van der Waals surface area contributed by atoms with Crippen LogP contribution in [0.3, 0.4) is 0 Å². The van der Waals surface area contributed by atoms with Gasteiger partial charge in [-0.1, -0.05) is 93.2 Å². The summed E-state index contributed by atoms with van der Waals surface area (Å²) in [6.45, 7) is 6.77. The van der Waals surface area contributed by atoms with Crippen LogP contribution in [0.1, 0.15) is 38.8 Å². The summed E-state index contributed by atoms with van der Waals surface area (Å²) in [5.41, 5.74) is -0.0291. The van der Waals surface area contributed by atoms with Crippen molar-refractivity contribution in [2.24, 2.45) is 12.5 Å². The van der Waals surface area contributed by atoms with E-state index in [1.54, 1.807) is 52.0 Å². The maximum Gasteiger partial charge on any atom is 0.336 e. The number of ether oxygens (including phenoxy) is 2. The van der Waals surface area contributed by atoms with Crippen LogP contribution in [0, 0.1) is 5.41 Å². The maximum absolute atomic E-state index is 14.8. The van der Waals surface area contributed by atoms with Gasteiger partial charge in [0, 0.05) is 26.0 Å². The lowest BCUT2D eigenvalue weighted by atomic mass is 9.84. The van der Waals surface area contributed by atoms with E-state index in [9.17, 15) is 22.8 Å². The van der Waals surface area contributed by atoms with Crippen LogP contribution >= 0.6 is 11.8 Å². The highest BCUT2D eigenvalue weighted by Gasteiger charge is 2.68. The van der Waals surface area contributed by atoms with E-state index in [0.717, 1.165) is 22.2 Å². The number of Topliss-reactive ketones (excluding diaryl/α,β-unsaturated/α-hetero) is 1. The van der Waals surface area contributed by atoms with E-state index in [1.807, 2.05) is 36.4 Å². The minimum absolute atomic E-state index is 0.00320. The standard InChI is InChI=1S/C31H34N4O7S2/c1-19-22(24(36)30(2,3)4)35-27(38)23(41-6)28(35)44(39,40)31(19,17-20-13-9-7-10-14-20)43-29-32-25(37)26(33-34(29)5)42-18-21-15-11-8-12-16-21/h7-16,23,28H,17-18H2,1-6H3/t23-,28+,31?/m0/s1. The quantitative estimate of drug-likeness (QED) is 0.321. The highest BCUT2D eigenvalue weighted by Crippen LogP contribution is 2.55. The van der Waals surface area contributed by atoms with Gasteiger partial charge in [-0.05, 0) is 23.6 Å². The van der Waals surface area contributed by atoms with Crippen LogP contribution in [0.2, 0.25) is 0 Å². The van der Waals surface area contributed by atoms with Crippen molar-refractivity contribution in [1.82, 2.24) is 19.7 Å². The molecule has 11 nitrogen and oxygen atoms in total. The lowest BCUT2D eigenvalue weighted by Crippen LogP contribution is -2.74. The number of aryl methyl sites for hydroxylation is 1. The van der Waals surface area contributed by atoms with E-state index in [4.69, 9.17) is 9.47 Å². The van der Waals surface area contributed by atoms with Gasteiger partial charge < -0.3 is 9.47 Å². The Labute approximate surface area is 260 Å². The summed E-state index contributed by atoms with van der Waals surface area (Å²) in [6, 6.07) is 18.2. The molecule has 2 aliphatic rings. The summed E-state index contributed by atoms with van der Waals surface area (Å²) < 4.78 is 40.0. The van der Waals surface area contributed by atoms with Crippen molar-refractivity contribution < 1.29 is 27.5 Å². The topological polar surface area (TPSA) is 138 Å². The van der Waals surface area contributed by atoms with Gasteiger partial charge >= 0.3 is 11.4 Å². The molecule has 0 saturated carbocycles. The van der Waals surface area contributed by atoms with Crippen LogP contribution in [0.4, 0.5) is 0 Å². The molecule has 1 unspecified atom stereocenters. The number of allylic oxidation sites excluding steroid dienone is 1. The number of nitrogens with zero attached hydrogens (tertiary/aromatic N) is 4. The molecule has 1 aromatic heterocycles. The molecule has 3 atom stereocenters. The van der Waals surface area contributed by atoms with Gasteiger partial charge in [-0.2, -0.15) is 4.98 Å². The van der Waals surface area contributed by atoms with Gasteiger partial charge in [-0.15, -0.1) is 5.10 Å². The van der Waals surface area contributed by atoms with Crippen molar-refractivity contribution >= 4 is 33.3 Å². The zero-order valence-corrected chi connectivity index (χ0v) is 26.9. The van der Waals surface area contributed by atoms with Gasteiger partial charge in [0.1, 0.15) is 6.61 Å². The third kappa shape index (κ3) is 5.26. The van der Waals surface area contributed by atoms with Crippen LogP contribution in [0.25, 0.3) is 0 Å². The van der Waals surface area contributed by atoms with Crippen LogP contribution in [-0.2, 0) is 44.2 Å². The zero-order chi connectivity index (χ0) is 32.0. The smallest absolute Gasteiger partial charge is 0.336 e. The van der Waals surface area contributed by atoms with E-state index in [0.29, 0.717) is 5.56 Å². The van der Waals surface area contributed by atoms with Crippen molar-refractivity contribution in [2.45, 2.75) is 61.4 Å². The van der Waals surface area contributed by atoms with Gasteiger partial charge in [0.05, 0.1) is 5.70 Å². The largest absolute Gasteiger partial charge is 0.468 e. The molecule has 2 aromatic carbocycles. The third-order valence-corrected chi connectivity index (χ3v) is 12.5.